The normalized spacial score (nSPS) is 22.5. The highest BCUT2D eigenvalue weighted by Gasteiger charge is 2.48. The van der Waals surface area contributed by atoms with Crippen molar-refractivity contribution in [3.05, 3.63) is 40.5 Å². The molecule has 2 heterocycles. The van der Waals surface area contributed by atoms with Gasteiger partial charge in [0.25, 0.3) is 5.91 Å². The van der Waals surface area contributed by atoms with Crippen molar-refractivity contribution in [3.63, 3.8) is 0 Å². The maximum absolute atomic E-state index is 13.6. The fourth-order valence-corrected chi connectivity index (χ4v) is 7.70. The number of methoxy groups -OCH3 is 2. The van der Waals surface area contributed by atoms with Gasteiger partial charge in [-0.05, 0) is 74.2 Å². The Morgan fingerprint density at radius 3 is 2.36 bits per heavy atom. The molecule has 5 rings (SSSR count). The number of carboxylic acids is 2. The molecule has 224 valence electrons. The lowest BCUT2D eigenvalue weighted by Gasteiger charge is -2.30. The number of furan rings is 1. The van der Waals surface area contributed by atoms with Crippen LogP contribution in [0.1, 0.15) is 43.4 Å². The number of carboxylic acid groups (broad SMARTS) is 2. The summed E-state index contributed by atoms with van der Waals surface area (Å²) >= 11 is 6.96. The molecular weight excluding hydrogens is 580 g/mol. The van der Waals surface area contributed by atoms with Crippen LogP contribution in [-0.4, -0.2) is 82.1 Å². The van der Waals surface area contributed by atoms with Crippen molar-refractivity contribution in [1.82, 2.24) is 9.80 Å². The van der Waals surface area contributed by atoms with Crippen molar-refractivity contribution in [3.8, 4) is 22.8 Å². The van der Waals surface area contributed by atoms with Crippen molar-refractivity contribution in [2.24, 2.45) is 11.8 Å². The first kappa shape index (κ1) is 30.1. The number of amides is 1. The van der Waals surface area contributed by atoms with Gasteiger partial charge in [-0.3, -0.25) is 24.2 Å². The predicted molar refractivity (Wildman–Crippen MR) is 162 cm³/mol. The number of benzene rings is 1. The Kier molecular flexibility index (Phi) is 9.24. The van der Waals surface area contributed by atoms with Gasteiger partial charge in [0.15, 0.2) is 0 Å². The minimum Gasteiger partial charge on any atom is -0.497 e. The third kappa shape index (κ3) is 6.66. The Balaban J connectivity index is 1.42. The SMILES string of the molecule is COc1cc(OC)cc(-c2cc(CCCN(CC(=O)O)CC(=O)O)c(/C=C3\SC(=S)N(C4CC5CCC4C5)C3=O)o2)c1. The van der Waals surface area contributed by atoms with Crippen LogP contribution in [0, 0.1) is 11.8 Å². The molecule has 3 unspecified atom stereocenters. The third-order valence-corrected chi connectivity index (χ3v) is 9.56. The highest BCUT2D eigenvalue weighted by atomic mass is 32.2. The summed E-state index contributed by atoms with van der Waals surface area (Å²) in [5.74, 6) is 1.14. The summed E-state index contributed by atoms with van der Waals surface area (Å²) in [5, 5.41) is 18.4. The van der Waals surface area contributed by atoms with Gasteiger partial charge < -0.3 is 24.1 Å². The first-order chi connectivity index (χ1) is 20.1. The van der Waals surface area contributed by atoms with Crippen LogP contribution in [0.3, 0.4) is 0 Å². The van der Waals surface area contributed by atoms with Crippen LogP contribution >= 0.6 is 24.0 Å². The van der Waals surface area contributed by atoms with Crippen LogP contribution in [0.4, 0.5) is 0 Å². The van der Waals surface area contributed by atoms with Crippen molar-refractivity contribution < 1.29 is 38.5 Å². The van der Waals surface area contributed by atoms with E-state index < -0.39 is 11.9 Å². The van der Waals surface area contributed by atoms with Gasteiger partial charge >= 0.3 is 11.9 Å². The molecule has 1 aromatic carbocycles. The molecule has 0 spiro atoms. The molecule has 10 nitrogen and oxygen atoms in total. The lowest BCUT2D eigenvalue weighted by atomic mass is 9.94. The summed E-state index contributed by atoms with van der Waals surface area (Å²) in [7, 11) is 3.13. The molecule has 12 heteroatoms. The fraction of sp³-hybridized carbons (Fsp3) is 0.467. The van der Waals surface area contributed by atoms with Crippen LogP contribution in [-0.2, 0) is 20.8 Å². The molecule has 1 amide bonds. The minimum atomic E-state index is -1.09. The van der Waals surface area contributed by atoms with E-state index in [1.54, 1.807) is 26.4 Å². The number of nitrogens with zero attached hydrogens (tertiary/aromatic N) is 2. The Labute approximate surface area is 253 Å². The molecule has 42 heavy (non-hydrogen) atoms. The quantitative estimate of drug-likeness (QED) is 0.239. The molecule has 1 saturated heterocycles. The topological polar surface area (TPSA) is 130 Å². The van der Waals surface area contributed by atoms with E-state index in [0.29, 0.717) is 56.9 Å². The zero-order valence-corrected chi connectivity index (χ0v) is 25.2. The molecule has 1 aliphatic heterocycles. The molecule has 2 saturated carbocycles. The molecule has 2 aliphatic carbocycles. The molecule has 1 aromatic heterocycles. The standard InChI is InChI=1S/C30H34N2O8S2/c1-38-21-10-20(11-22(13-21)39-2)24-12-19(4-3-7-31(15-27(33)34)16-28(35)36)25(40-24)14-26-29(37)32(30(41)42-26)23-9-17-5-6-18(23)8-17/h10-14,17-18,23H,3-9,15-16H2,1-2H3,(H,33,34)(H,35,36)/b26-14-. The summed E-state index contributed by atoms with van der Waals surface area (Å²) in [6, 6.07) is 7.45. The maximum Gasteiger partial charge on any atom is 0.317 e. The lowest BCUT2D eigenvalue weighted by molar-refractivity contribution is -0.141. The van der Waals surface area contributed by atoms with E-state index in [1.165, 1.54) is 23.1 Å². The van der Waals surface area contributed by atoms with Crippen molar-refractivity contribution in [2.45, 2.75) is 44.6 Å². The Bertz CT molecular complexity index is 1380. The molecule has 3 fully saturated rings. The van der Waals surface area contributed by atoms with Crippen LogP contribution in [0.15, 0.2) is 33.6 Å². The number of fused-ring (bicyclic) bond motifs is 2. The van der Waals surface area contributed by atoms with Crippen LogP contribution < -0.4 is 9.47 Å². The molecule has 3 aliphatic rings. The third-order valence-electron chi connectivity index (χ3n) is 8.23. The zero-order chi connectivity index (χ0) is 30.0. The number of carbonyl (C=O) groups excluding carboxylic acids is 1. The Morgan fingerprint density at radius 2 is 1.79 bits per heavy atom. The predicted octanol–water partition coefficient (Wildman–Crippen LogP) is 4.76. The zero-order valence-electron chi connectivity index (χ0n) is 23.5. The van der Waals surface area contributed by atoms with E-state index in [1.807, 2.05) is 23.1 Å². The van der Waals surface area contributed by atoms with E-state index in [4.69, 9.17) is 26.1 Å². The number of thioether (sulfide) groups is 1. The highest BCUT2D eigenvalue weighted by molar-refractivity contribution is 8.26. The van der Waals surface area contributed by atoms with Gasteiger partial charge in [0.2, 0.25) is 0 Å². The molecule has 2 aromatic rings. The van der Waals surface area contributed by atoms with E-state index in [-0.39, 0.29) is 31.6 Å². The van der Waals surface area contributed by atoms with Gasteiger partial charge in [0.1, 0.15) is 27.3 Å². The number of hydrogen-bond acceptors (Lipinski definition) is 9. The molecule has 0 radical (unpaired) electrons. The maximum atomic E-state index is 13.6. The Hall–Kier alpha value is -3.35. The summed E-state index contributed by atoms with van der Waals surface area (Å²) < 4.78 is 17.7. The summed E-state index contributed by atoms with van der Waals surface area (Å²) in [6.07, 6.45) is 7.23. The van der Waals surface area contributed by atoms with Gasteiger partial charge in [-0.2, -0.15) is 0 Å². The largest absolute Gasteiger partial charge is 0.497 e. The summed E-state index contributed by atoms with van der Waals surface area (Å²) in [5.41, 5.74) is 1.53. The highest BCUT2D eigenvalue weighted by Crippen LogP contribution is 2.49. The summed E-state index contributed by atoms with van der Waals surface area (Å²) in [6.45, 7) is -0.479. The molecule has 3 atom stereocenters. The van der Waals surface area contributed by atoms with E-state index in [0.717, 1.165) is 30.4 Å². The van der Waals surface area contributed by atoms with Gasteiger partial charge in [0.05, 0.1) is 32.2 Å². The molecule has 2 N–H and O–H groups in total. The number of aryl methyl sites for hydroxylation is 1. The van der Waals surface area contributed by atoms with Gasteiger partial charge in [-0.15, -0.1) is 0 Å². The van der Waals surface area contributed by atoms with Crippen molar-refractivity contribution in [2.75, 3.05) is 33.9 Å². The monoisotopic (exact) mass is 614 g/mol. The Morgan fingerprint density at radius 1 is 1.10 bits per heavy atom. The smallest absolute Gasteiger partial charge is 0.317 e. The molecular formula is C30H34N2O8S2. The van der Waals surface area contributed by atoms with Crippen LogP contribution in [0.2, 0.25) is 0 Å². The average molecular weight is 615 g/mol. The number of thiocarbonyl (C=S) groups is 1. The lowest BCUT2D eigenvalue weighted by Crippen LogP contribution is -2.41. The van der Waals surface area contributed by atoms with Gasteiger partial charge in [-0.25, -0.2) is 0 Å². The molecule has 2 bridgehead atoms. The second-order valence-corrected chi connectivity index (χ2v) is 12.7. The number of ether oxygens (including phenoxy) is 2. The second kappa shape index (κ2) is 12.9. The first-order valence-electron chi connectivity index (χ1n) is 13.9. The van der Waals surface area contributed by atoms with Gasteiger partial charge in [0, 0.05) is 23.7 Å². The van der Waals surface area contributed by atoms with Gasteiger partial charge in [-0.1, -0.05) is 30.4 Å². The number of aliphatic carboxylic acids is 2. The van der Waals surface area contributed by atoms with E-state index in [2.05, 4.69) is 0 Å². The number of rotatable bonds is 13. The van der Waals surface area contributed by atoms with E-state index in [9.17, 15) is 24.6 Å². The fourth-order valence-electron chi connectivity index (χ4n) is 6.35. The first-order valence-corrected chi connectivity index (χ1v) is 15.2. The summed E-state index contributed by atoms with van der Waals surface area (Å²) in [4.78, 5) is 39.8. The second-order valence-electron chi connectivity index (χ2n) is 11.0. The van der Waals surface area contributed by atoms with Crippen LogP contribution in [0.25, 0.3) is 17.4 Å². The van der Waals surface area contributed by atoms with Crippen LogP contribution in [0.5, 0.6) is 11.5 Å². The average Bonchev–Trinajstić information content (AvgIpc) is 3.72. The minimum absolute atomic E-state index is 0.0939. The van der Waals surface area contributed by atoms with Crippen molar-refractivity contribution >= 4 is 52.2 Å². The number of hydrogen-bond donors (Lipinski definition) is 2. The number of carbonyl (C=O) groups is 3. The van der Waals surface area contributed by atoms with E-state index >= 15 is 0 Å². The van der Waals surface area contributed by atoms with Crippen molar-refractivity contribution in [1.29, 1.82) is 0 Å².